The highest BCUT2D eigenvalue weighted by Crippen LogP contribution is 2.22. The molecule has 2 aromatic rings. The van der Waals surface area contributed by atoms with Gasteiger partial charge in [-0.1, -0.05) is 30.7 Å². The van der Waals surface area contributed by atoms with Gasteiger partial charge in [0.1, 0.15) is 5.75 Å². The highest BCUT2D eigenvalue weighted by Gasteiger charge is 2.18. The molecule has 2 rings (SSSR count). The Labute approximate surface area is 167 Å². The number of hydrogen-bond acceptors (Lipinski definition) is 3. The third-order valence-electron chi connectivity index (χ3n) is 4.60. The molecule has 0 heterocycles. The van der Waals surface area contributed by atoms with Crippen molar-refractivity contribution in [2.45, 2.75) is 46.8 Å². The van der Waals surface area contributed by atoms with Crippen molar-refractivity contribution in [3.63, 3.8) is 0 Å². The summed E-state index contributed by atoms with van der Waals surface area (Å²) >= 11 is 6.04. The normalized spacial score (nSPS) is 11.7. The molecule has 1 atom stereocenters. The molecule has 1 N–H and O–H groups in total. The lowest BCUT2D eigenvalue weighted by Crippen LogP contribution is -2.37. The summed E-state index contributed by atoms with van der Waals surface area (Å²) in [5.74, 6) is 0.542. The lowest BCUT2D eigenvalue weighted by molar-refractivity contribution is -0.128. The van der Waals surface area contributed by atoms with Crippen molar-refractivity contribution in [1.29, 1.82) is 0 Å². The molecule has 146 valence electrons. The molecule has 5 heteroatoms. The fourth-order valence-electron chi connectivity index (χ4n) is 2.89. The van der Waals surface area contributed by atoms with E-state index in [1.54, 1.807) is 12.1 Å². The summed E-state index contributed by atoms with van der Waals surface area (Å²) in [6.45, 7) is 10.6. The van der Waals surface area contributed by atoms with E-state index in [-0.39, 0.29) is 5.91 Å². The average molecular weight is 389 g/mol. The molecule has 1 amide bonds. The average Bonchev–Trinajstić information content (AvgIpc) is 2.68. The first-order valence-electron chi connectivity index (χ1n) is 9.52. The predicted molar refractivity (Wildman–Crippen MR) is 113 cm³/mol. The monoisotopic (exact) mass is 388 g/mol. The van der Waals surface area contributed by atoms with Gasteiger partial charge in [-0.2, -0.15) is 0 Å². The third kappa shape index (κ3) is 5.90. The zero-order valence-electron chi connectivity index (χ0n) is 16.6. The van der Waals surface area contributed by atoms with E-state index in [1.165, 1.54) is 5.69 Å². The van der Waals surface area contributed by atoms with E-state index in [1.807, 2.05) is 19.9 Å². The quantitative estimate of drug-likeness (QED) is 0.659. The summed E-state index contributed by atoms with van der Waals surface area (Å²) in [7, 11) is 0. The minimum absolute atomic E-state index is 0.113. The van der Waals surface area contributed by atoms with Crippen LogP contribution in [0.2, 0.25) is 5.02 Å². The number of hydrogen-bond donors (Lipinski definition) is 1. The Morgan fingerprint density at radius 3 is 2.33 bits per heavy atom. The van der Waals surface area contributed by atoms with E-state index in [9.17, 15) is 4.79 Å². The molecule has 27 heavy (non-hydrogen) atoms. The molecular formula is C22H29ClN2O2. The van der Waals surface area contributed by atoms with Crippen molar-refractivity contribution in [3.8, 4) is 5.75 Å². The van der Waals surface area contributed by atoms with Crippen LogP contribution in [0.15, 0.2) is 42.5 Å². The molecule has 0 fully saturated rings. The van der Waals surface area contributed by atoms with E-state index < -0.39 is 6.10 Å². The minimum atomic E-state index is -0.527. The van der Waals surface area contributed by atoms with Gasteiger partial charge >= 0.3 is 0 Å². The van der Waals surface area contributed by atoms with Crippen LogP contribution in [-0.2, 0) is 11.3 Å². The third-order valence-corrected chi connectivity index (χ3v) is 5.03. The van der Waals surface area contributed by atoms with E-state index in [2.05, 4.69) is 48.3 Å². The number of aryl methyl sites for hydroxylation is 1. The molecule has 0 spiro atoms. The molecule has 0 aliphatic rings. The first-order valence-corrected chi connectivity index (χ1v) is 9.90. The maximum Gasteiger partial charge on any atom is 0.261 e. The number of nitrogens with one attached hydrogen (secondary N) is 1. The lowest BCUT2D eigenvalue weighted by Gasteiger charge is -2.21. The topological polar surface area (TPSA) is 41.6 Å². The Balaban J connectivity index is 1.93. The molecule has 0 bridgehead atoms. The van der Waals surface area contributed by atoms with Crippen molar-refractivity contribution < 1.29 is 9.53 Å². The number of carbonyl (C=O) groups is 1. The smallest absolute Gasteiger partial charge is 0.261 e. The van der Waals surface area contributed by atoms with Crippen LogP contribution in [-0.4, -0.2) is 25.1 Å². The first-order chi connectivity index (χ1) is 13.0. The number of carbonyl (C=O) groups excluding carboxylic acids is 1. The van der Waals surface area contributed by atoms with Gasteiger partial charge in [-0.15, -0.1) is 0 Å². The first kappa shape index (κ1) is 21.1. The summed E-state index contributed by atoms with van der Waals surface area (Å²) < 4.78 is 5.85. The molecule has 0 saturated carbocycles. The zero-order valence-corrected chi connectivity index (χ0v) is 17.3. The fraction of sp³-hybridized carbons (Fsp3) is 0.409. The maximum absolute atomic E-state index is 12.5. The standard InChI is InChI=1S/C22H29ClN2O2/c1-5-21(27-19-12-13-20(23)16(4)14-19)22(26)24-15-17-8-10-18(11-9-17)25(6-2)7-3/h8-14,21H,5-7,15H2,1-4H3,(H,24,26)/t21-/m1/s1. The SMILES string of the molecule is CC[C@@H](Oc1ccc(Cl)c(C)c1)C(=O)NCc1ccc(N(CC)CC)cc1. The fourth-order valence-corrected chi connectivity index (χ4v) is 3.01. The summed E-state index contributed by atoms with van der Waals surface area (Å²) in [6.07, 6.45) is 0.0644. The van der Waals surface area contributed by atoms with Crippen LogP contribution in [0.1, 0.15) is 38.3 Å². The van der Waals surface area contributed by atoms with Crippen LogP contribution in [0.5, 0.6) is 5.75 Å². The maximum atomic E-state index is 12.5. The van der Waals surface area contributed by atoms with Crippen molar-refractivity contribution in [2.75, 3.05) is 18.0 Å². The van der Waals surface area contributed by atoms with Gasteiger partial charge in [-0.3, -0.25) is 4.79 Å². The molecule has 0 aliphatic carbocycles. The van der Waals surface area contributed by atoms with Gasteiger partial charge in [0.05, 0.1) is 0 Å². The number of rotatable bonds is 9. The number of benzene rings is 2. The van der Waals surface area contributed by atoms with E-state index in [0.29, 0.717) is 23.7 Å². The molecule has 0 aliphatic heterocycles. The predicted octanol–water partition coefficient (Wildman–Crippen LogP) is 4.97. The second-order valence-corrected chi connectivity index (χ2v) is 6.89. The van der Waals surface area contributed by atoms with Crippen LogP contribution in [0.4, 0.5) is 5.69 Å². The van der Waals surface area contributed by atoms with Gasteiger partial charge in [0.2, 0.25) is 0 Å². The van der Waals surface area contributed by atoms with Crippen molar-refractivity contribution in [3.05, 3.63) is 58.6 Å². The van der Waals surface area contributed by atoms with Crippen LogP contribution in [0.3, 0.4) is 0 Å². The van der Waals surface area contributed by atoms with Gasteiger partial charge in [0.25, 0.3) is 5.91 Å². The Morgan fingerprint density at radius 1 is 1.11 bits per heavy atom. The zero-order chi connectivity index (χ0) is 19.8. The summed E-state index contributed by atoms with van der Waals surface area (Å²) in [6, 6.07) is 13.7. The van der Waals surface area contributed by atoms with Gasteiger partial charge in [-0.25, -0.2) is 0 Å². The molecular weight excluding hydrogens is 360 g/mol. The number of anilines is 1. The van der Waals surface area contributed by atoms with Gasteiger partial charge in [-0.05, 0) is 68.7 Å². The van der Waals surface area contributed by atoms with Crippen LogP contribution in [0.25, 0.3) is 0 Å². The Morgan fingerprint density at radius 2 is 1.78 bits per heavy atom. The van der Waals surface area contributed by atoms with Crippen molar-refractivity contribution in [1.82, 2.24) is 5.32 Å². The number of nitrogens with zero attached hydrogens (tertiary/aromatic N) is 1. The second-order valence-electron chi connectivity index (χ2n) is 6.48. The van der Waals surface area contributed by atoms with E-state index in [0.717, 1.165) is 24.2 Å². The van der Waals surface area contributed by atoms with Gasteiger partial charge in [0, 0.05) is 30.3 Å². The Kier molecular flexibility index (Phi) is 7.99. The van der Waals surface area contributed by atoms with Gasteiger partial charge in [0.15, 0.2) is 6.10 Å². The second kappa shape index (κ2) is 10.2. The lowest BCUT2D eigenvalue weighted by atomic mass is 10.1. The minimum Gasteiger partial charge on any atom is -0.481 e. The molecule has 0 saturated heterocycles. The van der Waals surface area contributed by atoms with Crippen LogP contribution >= 0.6 is 11.6 Å². The Hall–Kier alpha value is -2.20. The molecule has 2 aromatic carbocycles. The van der Waals surface area contributed by atoms with Crippen LogP contribution < -0.4 is 15.0 Å². The summed E-state index contributed by atoms with van der Waals surface area (Å²) in [5.41, 5.74) is 3.19. The summed E-state index contributed by atoms with van der Waals surface area (Å²) in [5, 5.41) is 3.66. The van der Waals surface area contributed by atoms with Crippen molar-refractivity contribution in [2.24, 2.45) is 0 Å². The molecule has 0 aromatic heterocycles. The van der Waals surface area contributed by atoms with Crippen LogP contribution in [0, 0.1) is 6.92 Å². The molecule has 0 unspecified atom stereocenters. The largest absolute Gasteiger partial charge is 0.481 e. The Bertz CT molecular complexity index is 742. The number of ether oxygens (including phenoxy) is 1. The van der Waals surface area contributed by atoms with E-state index in [4.69, 9.17) is 16.3 Å². The number of amides is 1. The van der Waals surface area contributed by atoms with Gasteiger partial charge < -0.3 is 15.0 Å². The highest BCUT2D eigenvalue weighted by molar-refractivity contribution is 6.31. The van der Waals surface area contributed by atoms with E-state index >= 15 is 0 Å². The molecule has 0 radical (unpaired) electrons. The summed E-state index contributed by atoms with van der Waals surface area (Å²) in [4.78, 5) is 14.8. The van der Waals surface area contributed by atoms with Crippen molar-refractivity contribution >= 4 is 23.2 Å². The molecule has 4 nitrogen and oxygen atoms in total. The number of halogens is 1. The highest BCUT2D eigenvalue weighted by atomic mass is 35.5.